The van der Waals surface area contributed by atoms with E-state index < -0.39 is 5.97 Å². The Morgan fingerprint density at radius 3 is 2.89 bits per heavy atom. The zero-order valence-corrected chi connectivity index (χ0v) is 10.0. The molecule has 8 heteroatoms. The summed E-state index contributed by atoms with van der Waals surface area (Å²) in [6.45, 7) is 0.365. The number of aromatic nitrogens is 2. The Balaban J connectivity index is 2.07. The lowest BCUT2D eigenvalue weighted by molar-refractivity contribution is -0.142. The molecule has 1 rings (SSSR count). The van der Waals surface area contributed by atoms with E-state index in [9.17, 15) is 9.59 Å². The van der Waals surface area contributed by atoms with E-state index in [4.69, 9.17) is 9.84 Å². The summed E-state index contributed by atoms with van der Waals surface area (Å²) in [7, 11) is 1.83. The minimum Gasteiger partial charge on any atom is -0.480 e. The number of urea groups is 1. The van der Waals surface area contributed by atoms with Crippen LogP contribution < -0.4 is 10.6 Å². The van der Waals surface area contributed by atoms with Crippen LogP contribution in [0.15, 0.2) is 12.4 Å². The highest BCUT2D eigenvalue weighted by Crippen LogP contribution is 1.92. The Labute approximate surface area is 104 Å². The Morgan fingerprint density at radius 1 is 1.50 bits per heavy atom. The number of carbonyl (C=O) groups excluding carboxylic acids is 1. The van der Waals surface area contributed by atoms with Gasteiger partial charge in [0.05, 0.1) is 13.2 Å². The van der Waals surface area contributed by atoms with E-state index in [2.05, 4.69) is 15.6 Å². The summed E-state index contributed by atoms with van der Waals surface area (Å²) in [6, 6.07) is -0.350. The van der Waals surface area contributed by atoms with Gasteiger partial charge in [-0.25, -0.2) is 14.6 Å². The Kier molecular flexibility index (Phi) is 5.65. The molecule has 0 radical (unpaired) electrons. The molecule has 0 saturated carbocycles. The quantitative estimate of drug-likeness (QED) is 0.560. The molecule has 0 bridgehead atoms. The first-order valence-corrected chi connectivity index (χ1v) is 5.37. The number of ether oxygens (including phenoxy) is 1. The van der Waals surface area contributed by atoms with Crippen molar-refractivity contribution < 1.29 is 19.4 Å². The highest BCUT2D eigenvalue weighted by Gasteiger charge is 2.03. The van der Waals surface area contributed by atoms with Gasteiger partial charge in [0.2, 0.25) is 0 Å². The topological polar surface area (TPSA) is 105 Å². The molecule has 0 aliphatic heterocycles. The van der Waals surface area contributed by atoms with E-state index in [1.807, 2.05) is 7.05 Å². The summed E-state index contributed by atoms with van der Waals surface area (Å²) in [6.07, 6.45) is 3.43. The molecule has 2 amide bonds. The van der Waals surface area contributed by atoms with E-state index in [-0.39, 0.29) is 25.8 Å². The first-order valence-electron chi connectivity index (χ1n) is 5.37. The highest BCUT2D eigenvalue weighted by atomic mass is 16.5. The van der Waals surface area contributed by atoms with Crippen LogP contribution in [0, 0.1) is 0 Å². The number of hydrogen-bond acceptors (Lipinski definition) is 4. The number of nitrogens with one attached hydrogen (secondary N) is 2. The number of aliphatic carboxylic acids is 1. The third kappa shape index (κ3) is 5.30. The van der Waals surface area contributed by atoms with Gasteiger partial charge in [-0.3, -0.25) is 0 Å². The molecule has 1 heterocycles. The summed E-state index contributed by atoms with van der Waals surface area (Å²) in [5, 5.41) is 13.5. The van der Waals surface area contributed by atoms with Crippen LogP contribution in [0.2, 0.25) is 0 Å². The van der Waals surface area contributed by atoms with Crippen molar-refractivity contribution >= 4 is 12.0 Å². The fraction of sp³-hybridized carbons (Fsp3) is 0.500. The number of aryl methyl sites for hydroxylation is 1. The number of hydrogen-bond donors (Lipinski definition) is 3. The summed E-state index contributed by atoms with van der Waals surface area (Å²) in [5.74, 6) is -0.290. The fourth-order valence-electron chi connectivity index (χ4n) is 1.18. The largest absolute Gasteiger partial charge is 0.480 e. The zero-order chi connectivity index (χ0) is 13.4. The third-order valence-electron chi connectivity index (χ3n) is 2.09. The molecule has 8 nitrogen and oxygen atoms in total. The maximum atomic E-state index is 11.3. The summed E-state index contributed by atoms with van der Waals surface area (Å²) in [4.78, 5) is 25.5. The number of carboxylic acids is 1. The van der Waals surface area contributed by atoms with Crippen molar-refractivity contribution in [2.45, 2.75) is 6.54 Å². The van der Waals surface area contributed by atoms with Crippen LogP contribution in [-0.2, 0) is 23.1 Å². The number of nitrogens with zero attached hydrogens (tertiary/aromatic N) is 2. The van der Waals surface area contributed by atoms with Gasteiger partial charge in [0.1, 0.15) is 12.4 Å². The minimum atomic E-state index is -1.03. The van der Waals surface area contributed by atoms with Crippen LogP contribution in [0.4, 0.5) is 4.79 Å². The third-order valence-corrected chi connectivity index (χ3v) is 2.09. The molecule has 0 unspecified atom stereocenters. The monoisotopic (exact) mass is 256 g/mol. The highest BCUT2D eigenvalue weighted by molar-refractivity contribution is 5.73. The van der Waals surface area contributed by atoms with Crippen molar-refractivity contribution in [2.75, 3.05) is 19.8 Å². The molecule has 0 saturated heterocycles. The van der Waals surface area contributed by atoms with Crippen molar-refractivity contribution in [3.05, 3.63) is 18.2 Å². The van der Waals surface area contributed by atoms with Crippen LogP contribution in [0.5, 0.6) is 0 Å². The molecule has 0 aliphatic carbocycles. The number of amides is 2. The zero-order valence-electron chi connectivity index (χ0n) is 10.0. The van der Waals surface area contributed by atoms with Gasteiger partial charge in [-0.2, -0.15) is 0 Å². The maximum absolute atomic E-state index is 11.3. The molecule has 1 aromatic heterocycles. The lowest BCUT2D eigenvalue weighted by atomic mass is 10.5. The van der Waals surface area contributed by atoms with Crippen LogP contribution in [0.3, 0.4) is 0 Å². The SMILES string of the molecule is Cn1ccnc1CNC(=O)NCCOCC(=O)O. The van der Waals surface area contributed by atoms with Gasteiger partial charge < -0.3 is 25.0 Å². The second-order valence-electron chi connectivity index (χ2n) is 3.51. The molecule has 1 aromatic rings. The van der Waals surface area contributed by atoms with Gasteiger partial charge in [0.25, 0.3) is 0 Å². The lowest BCUT2D eigenvalue weighted by Gasteiger charge is -2.07. The van der Waals surface area contributed by atoms with Crippen molar-refractivity contribution in [3.63, 3.8) is 0 Å². The van der Waals surface area contributed by atoms with Crippen molar-refractivity contribution in [3.8, 4) is 0 Å². The van der Waals surface area contributed by atoms with Crippen molar-refractivity contribution in [1.29, 1.82) is 0 Å². The second kappa shape index (κ2) is 7.28. The average molecular weight is 256 g/mol. The molecule has 0 aromatic carbocycles. The molecule has 3 N–H and O–H groups in total. The normalized spacial score (nSPS) is 10.1. The molecule has 0 fully saturated rings. The minimum absolute atomic E-state index is 0.155. The number of carbonyl (C=O) groups is 2. The number of carboxylic acid groups (broad SMARTS) is 1. The molecule has 0 spiro atoms. The van der Waals surface area contributed by atoms with Gasteiger partial charge in [0, 0.05) is 26.0 Å². The van der Waals surface area contributed by atoms with Crippen molar-refractivity contribution in [1.82, 2.24) is 20.2 Å². The van der Waals surface area contributed by atoms with Gasteiger partial charge in [-0.05, 0) is 0 Å². The van der Waals surface area contributed by atoms with E-state index in [0.29, 0.717) is 6.54 Å². The van der Waals surface area contributed by atoms with Crippen LogP contribution in [0.25, 0.3) is 0 Å². The van der Waals surface area contributed by atoms with E-state index in [1.54, 1.807) is 17.0 Å². The van der Waals surface area contributed by atoms with Crippen LogP contribution >= 0.6 is 0 Å². The average Bonchev–Trinajstić information content (AvgIpc) is 2.71. The predicted octanol–water partition coefficient (Wildman–Crippen LogP) is -0.679. The summed E-state index contributed by atoms with van der Waals surface area (Å²) in [5.41, 5.74) is 0. The molecule has 18 heavy (non-hydrogen) atoms. The van der Waals surface area contributed by atoms with Crippen LogP contribution in [-0.4, -0.2) is 46.4 Å². The summed E-state index contributed by atoms with van der Waals surface area (Å²) < 4.78 is 6.56. The Hall–Kier alpha value is -2.09. The number of rotatable bonds is 7. The Morgan fingerprint density at radius 2 is 2.28 bits per heavy atom. The molecular formula is C10H16N4O4. The van der Waals surface area contributed by atoms with Gasteiger partial charge >= 0.3 is 12.0 Å². The van der Waals surface area contributed by atoms with E-state index in [0.717, 1.165) is 5.82 Å². The number of imidazole rings is 1. The molecular weight excluding hydrogens is 240 g/mol. The first-order chi connectivity index (χ1) is 8.59. The van der Waals surface area contributed by atoms with Crippen LogP contribution in [0.1, 0.15) is 5.82 Å². The fourth-order valence-corrected chi connectivity index (χ4v) is 1.18. The van der Waals surface area contributed by atoms with Gasteiger partial charge in [0.15, 0.2) is 0 Å². The van der Waals surface area contributed by atoms with Gasteiger partial charge in [-0.15, -0.1) is 0 Å². The summed E-state index contributed by atoms with van der Waals surface area (Å²) >= 11 is 0. The van der Waals surface area contributed by atoms with E-state index >= 15 is 0 Å². The molecule has 0 atom stereocenters. The first kappa shape index (κ1) is 14.0. The second-order valence-corrected chi connectivity index (χ2v) is 3.51. The molecule has 100 valence electrons. The maximum Gasteiger partial charge on any atom is 0.329 e. The van der Waals surface area contributed by atoms with E-state index in [1.165, 1.54) is 0 Å². The molecule has 0 aliphatic rings. The Bertz CT molecular complexity index is 404. The predicted molar refractivity (Wildman–Crippen MR) is 61.9 cm³/mol. The van der Waals surface area contributed by atoms with Crippen molar-refractivity contribution in [2.24, 2.45) is 7.05 Å². The van der Waals surface area contributed by atoms with Gasteiger partial charge in [-0.1, -0.05) is 0 Å². The standard InChI is InChI=1S/C10H16N4O4/c1-14-4-2-11-8(14)6-13-10(17)12-3-5-18-7-9(15)16/h2,4H,3,5-7H2,1H3,(H,15,16)(H2,12,13,17). The lowest BCUT2D eigenvalue weighted by Crippen LogP contribution is -2.37. The smallest absolute Gasteiger partial charge is 0.329 e.